The normalized spacial score (nSPS) is 19.3. The first kappa shape index (κ1) is 16.1. The molecule has 1 aliphatic rings. The van der Waals surface area contributed by atoms with Crippen LogP contribution in [-0.2, 0) is 4.79 Å². The summed E-state index contributed by atoms with van der Waals surface area (Å²) in [7, 11) is 0. The Hall–Kier alpha value is -1.79. The Morgan fingerprint density at radius 3 is 3.00 bits per heavy atom. The van der Waals surface area contributed by atoms with Crippen molar-refractivity contribution < 1.29 is 4.79 Å². The number of benzene rings is 1. The minimum absolute atomic E-state index is 0.0163. The van der Waals surface area contributed by atoms with E-state index in [-0.39, 0.29) is 18.0 Å². The molecule has 0 unspecified atom stereocenters. The van der Waals surface area contributed by atoms with Gasteiger partial charge >= 0.3 is 0 Å². The van der Waals surface area contributed by atoms with Gasteiger partial charge in [0, 0.05) is 42.8 Å². The van der Waals surface area contributed by atoms with E-state index in [0.29, 0.717) is 12.2 Å². The molecule has 122 valence electrons. The van der Waals surface area contributed by atoms with Crippen LogP contribution in [0.25, 0.3) is 0 Å². The molecule has 2 atom stereocenters. The Labute approximate surface area is 140 Å². The van der Waals surface area contributed by atoms with E-state index < -0.39 is 0 Å². The molecule has 1 fully saturated rings. The van der Waals surface area contributed by atoms with Gasteiger partial charge < -0.3 is 10.6 Å². The summed E-state index contributed by atoms with van der Waals surface area (Å²) in [4.78, 5) is 12.1. The van der Waals surface area contributed by atoms with E-state index >= 15 is 0 Å². The highest BCUT2D eigenvalue weighted by molar-refractivity contribution is 7.99. The van der Waals surface area contributed by atoms with Gasteiger partial charge in [-0.1, -0.05) is 30.3 Å². The fourth-order valence-electron chi connectivity index (χ4n) is 2.67. The largest absolute Gasteiger partial charge is 0.312 e. The second kappa shape index (κ2) is 7.66. The van der Waals surface area contributed by atoms with Gasteiger partial charge in [-0.2, -0.15) is 16.9 Å². The Morgan fingerprint density at radius 2 is 2.26 bits per heavy atom. The molecule has 0 saturated carbocycles. The van der Waals surface area contributed by atoms with E-state index in [1.807, 2.05) is 46.9 Å². The van der Waals surface area contributed by atoms with Gasteiger partial charge in [0.2, 0.25) is 5.91 Å². The molecule has 0 radical (unpaired) electrons. The van der Waals surface area contributed by atoms with Crippen LogP contribution in [0, 0.1) is 0 Å². The van der Waals surface area contributed by atoms with Gasteiger partial charge in [0.25, 0.3) is 0 Å². The number of anilines is 1. The summed E-state index contributed by atoms with van der Waals surface area (Å²) >= 11 is 1.89. The summed E-state index contributed by atoms with van der Waals surface area (Å²) in [6.07, 6.45) is 2.40. The number of aromatic nitrogens is 2. The lowest BCUT2D eigenvalue weighted by molar-refractivity contribution is -0.116. The summed E-state index contributed by atoms with van der Waals surface area (Å²) in [6.45, 7) is 3.07. The Balaban J connectivity index is 1.57. The molecular weight excluding hydrogens is 308 g/mol. The van der Waals surface area contributed by atoms with Crippen molar-refractivity contribution in [2.45, 2.75) is 25.4 Å². The average Bonchev–Trinajstić information content (AvgIpc) is 3.04. The van der Waals surface area contributed by atoms with Crippen LogP contribution in [0.2, 0.25) is 0 Å². The monoisotopic (exact) mass is 330 g/mol. The highest BCUT2D eigenvalue weighted by Crippen LogP contribution is 2.18. The van der Waals surface area contributed by atoms with Gasteiger partial charge in [0.15, 0.2) is 5.82 Å². The molecule has 1 aliphatic heterocycles. The third kappa shape index (κ3) is 4.36. The lowest BCUT2D eigenvalue weighted by atomic mass is 10.1. The standard InChI is InChI=1S/C17H22N4OS/c1-13(14-5-3-2-4-6-14)21-9-7-16(20-21)19-17(22)11-15-12-23-10-8-18-15/h2-7,9,13,15,18H,8,10-12H2,1H3,(H,19,20,22)/t13-,15+/m0/s1. The first-order valence-electron chi connectivity index (χ1n) is 7.93. The molecular formula is C17H22N4OS. The summed E-state index contributed by atoms with van der Waals surface area (Å²) in [5.41, 5.74) is 1.19. The third-order valence-corrected chi connectivity index (χ3v) is 5.12. The lowest BCUT2D eigenvalue weighted by Gasteiger charge is -2.22. The number of carbonyl (C=O) groups is 1. The first-order chi connectivity index (χ1) is 11.2. The Kier molecular flexibility index (Phi) is 5.35. The van der Waals surface area contributed by atoms with Gasteiger partial charge in [-0.25, -0.2) is 0 Å². The molecule has 2 aromatic rings. The highest BCUT2D eigenvalue weighted by Gasteiger charge is 2.17. The number of carbonyl (C=O) groups excluding carboxylic acids is 1. The molecule has 1 saturated heterocycles. The summed E-state index contributed by atoms with van der Waals surface area (Å²) in [5.74, 6) is 2.75. The minimum atomic E-state index is 0.0163. The van der Waals surface area contributed by atoms with Crippen molar-refractivity contribution in [3.63, 3.8) is 0 Å². The Morgan fingerprint density at radius 1 is 1.43 bits per heavy atom. The van der Waals surface area contributed by atoms with Crippen LogP contribution in [0.15, 0.2) is 42.6 Å². The smallest absolute Gasteiger partial charge is 0.227 e. The second-order valence-corrected chi connectivity index (χ2v) is 6.90. The Bertz CT molecular complexity index is 637. The predicted molar refractivity (Wildman–Crippen MR) is 94.8 cm³/mol. The molecule has 6 heteroatoms. The first-order valence-corrected chi connectivity index (χ1v) is 9.09. The zero-order chi connectivity index (χ0) is 16.1. The maximum Gasteiger partial charge on any atom is 0.227 e. The summed E-state index contributed by atoms with van der Waals surface area (Å²) in [5, 5.41) is 10.7. The van der Waals surface area contributed by atoms with Gasteiger partial charge in [-0.3, -0.25) is 9.48 Å². The molecule has 1 amide bonds. The zero-order valence-electron chi connectivity index (χ0n) is 13.2. The highest BCUT2D eigenvalue weighted by atomic mass is 32.2. The molecule has 0 spiro atoms. The maximum atomic E-state index is 12.1. The van der Waals surface area contributed by atoms with Crippen LogP contribution in [0.3, 0.4) is 0 Å². The number of amides is 1. The lowest BCUT2D eigenvalue weighted by Crippen LogP contribution is -2.39. The van der Waals surface area contributed by atoms with E-state index in [2.05, 4.69) is 34.8 Å². The van der Waals surface area contributed by atoms with Crippen LogP contribution in [0.5, 0.6) is 0 Å². The van der Waals surface area contributed by atoms with Crippen molar-refractivity contribution in [3.05, 3.63) is 48.2 Å². The molecule has 0 bridgehead atoms. The fraction of sp³-hybridized carbons (Fsp3) is 0.412. The van der Waals surface area contributed by atoms with E-state index in [1.165, 1.54) is 5.56 Å². The number of nitrogens with zero attached hydrogens (tertiary/aromatic N) is 2. The van der Waals surface area contributed by atoms with Gasteiger partial charge in [-0.05, 0) is 12.5 Å². The van der Waals surface area contributed by atoms with E-state index in [0.717, 1.165) is 18.1 Å². The fourth-order valence-corrected chi connectivity index (χ4v) is 3.62. The summed E-state index contributed by atoms with van der Waals surface area (Å²) < 4.78 is 1.87. The number of nitrogens with one attached hydrogen (secondary N) is 2. The molecule has 5 nitrogen and oxygen atoms in total. The molecule has 3 rings (SSSR count). The molecule has 23 heavy (non-hydrogen) atoms. The second-order valence-electron chi connectivity index (χ2n) is 5.75. The topological polar surface area (TPSA) is 59.0 Å². The molecule has 0 aliphatic carbocycles. The molecule has 1 aromatic heterocycles. The third-order valence-electron chi connectivity index (χ3n) is 3.98. The van der Waals surface area contributed by atoms with Crippen molar-refractivity contribution in [2.75, 3.05) is 23.4 Å². The van der Waals surface area contributed by atoms with Gasteiger partial charge in [0.05, 0.1) is 6.04 Å². The molecule has 2 N–H and O–H groups in total. The van der Waals surface area contributed by atoms with Crippen molar-refractivity contribution in [3.8, 4) is 0 Å². The molecule has 1 aromatic carbocycles. The summed E-state index contributed by atoms with van der Waals surface area (Å²) in [6, 6.07) is 12.5. The van der Waals surface area contributed by atoms with Crippen LogP contribution >= 0.6 is 11.8 Å². The zero-order valence-corrected chi connectivity index (χ0v) is 14.1. The van der Waals surface area contributed by atoms with Crippen LogP contribution in [0.4, 0.5) is 5.82 Å². The van der Waals surface area contributed by atoms with E-state index in [4.69, 9.17) is 0 Å². The quantitative estimate of drug-likeness (QED) is 0.884. The molecule has 2 heterocycles. The number of hydrogen-bond donors (Lipinski definition) is 2. The predicted octanol–water partition coefficient (Wildman–Crippen LogP) is 2.53. The van der Waals surface area contributed by atoms with Crippen LogP contribution in [-0.4, -0.2) is 39.8 Å². The van der Waals surface area contributed by atoms with E-state index in [9.17, 15) is 4.79 Å². The van der Waals surface area contributed by atoms with Crippen LogP contribution < -0.4 is 10.6 Å². The maximum absolute atomic E-state index is 12.1. The number of rotatable bonds is 5. The van der Waals surface area contributed by atoms with Crippen molar-refractivity contribution >= 4 is 23.5 Å². The number of hydrogen-bond acceptors (Lipinski definition) is 4. The minimum Gasteiger partial charge on any atom is -0.312 e. The average molecular weight is 330 g/mol. The van der Waals surface area contributed by atoms with Crippen molar-refractivity contribution in [2.24, 2.45) is 0 Å². The van der Waals surface area contributed by atoms with Gasteiger partial charge in [-0.15, -0.1) is 0 Å². The SMILES string of the molecule is C[C@@H](c1ccccc1)n1ccc(NC(=O)C[C@@H]2CSCCN2)n1. The van der Waals surface area contributed by atoms with Crippen molar-refractivity contribution in [1.29, 1.82) is 0 Å². The van der Waals surface area contributed by atoms with Crippen molar-refractivity contribution in [1.82, 2.24) is 15.1 Å². The van der Waals surface area contributed by atoms with Gasteiger partial charge in [0.1, 0.15) is 0 Å². The van der Waals surface area contributed by atoms with E-state index in [1.54, 1.807) is 0 Å². The van der Waals surface area contributed by atoms with Crippen LogP contribution in [0.1, 0.15) is 24.9 Å². The number of thioether (sulfide) groups is 1.